The van der Waals surface area contributed by atoms with Crippen molar-refractivity contribution < 1.29 is 0 Å². The first-order valence-electron chi connectivity index (χ1n) is 7.80. The van der Waals surface area contributed by atoms with Crippen molar-refractivity contribution in [3.05, 3.63) is 0 Å². The first kappa shape index (κ1) is 14.3. The highest BCUT2D eigenvalue weighted by atomic mass is 15.1. The molecule has 2 aliphatic carbocycles. The molecule has 4 unspecified atom stereocenters. The second-order valence-corrected chi connectivity index (χ2v) is 7.96. The fraction of sp³-hybridized carbons (Fsp3) is 1.00. The predicted octanol–water partition coefficient (Wildman–Crippen LogP) is 3.12. The summed E-state index contributed by atoms with van der Waals surface area (Å²) in [6.07, 6.45) is 7.17. The van der Waals surface area contributed by atoms with Crippen molar-refractivity contribution in [3.63, 3.8) is 0 Å². The molecule has 2 aliphatic rings. The van der Waals surface area contributed by atoms with Crippen LogP contribution < -0.4 is 5.73 Å². The Morgan fingerprint density at radius 3 is 2.44 bits per heavy atom. The summed E-state index contributed by atoms with van der Waals surface area (Å²) in [5, 5.41) is 0. The van der Waals surface area contributed by atoms with E-state index in [1.165, 1.54) is 32.2 Å². The van der Waals surface area contributed by atoms with Crippen LogP contribution in [0.4, 0.5) is 0 Å². The Bertz CT molecular complexity index is 269. The highest BCUT2D eigenvalue weighted by molar-refractivity contribution is 4.91. The zero-order chi connectivity index (χ0) is 13.3. The Kier molecular flexibility index (Phi) is 4.38. The van der Waals surface area contributed by atoms with E-state index in [-0.39, 0.29) is 5.41 Å². The van der Waals surface area contributed by atoms with Crippen molar-refractivity contribution in [3.8, 4) is 0 Å². The monoisotopic (exact) mass is 252 g/mol. The molecular formula is C16H32N2. The van der Waals surface area contributed by atoms with Crippen molar-refractivity contribution >= 4 is 0 Å². The van der Waals surface area contributed by atoms with Crippen LogP contribution in [0.5, 0.6) is 0 Å². The molecule has 2 nitrogen and oxygen atoms in total. The van der Waals surface area contributed by atoms with E-state index >= 15 is 0 Å². The molecule has 0 amide bonds. The van der Waals surface area contributed by atoms with Gasteiger partial charge < -0.3 is 10.6 Å². The quantitative estimate of drug-likeness (QED) is 0.814. The maximum absolute atomic E-state index is 6.24. The fourth-order valence-corrected chi connectivity index (χ4v) is 3.88. The van der Waals surface area contributed by atoms with E-state index in [1.54, 1.807) is 0 Å². The lowest BCUT2D eigenvalue weighted by Crippen LogP contribution is -2.39. The van der Waals surface area contributed by atoms with Gasteiger partial charge in [0.25, 0.3) is 0 Å². The second-order valence-electron chi connectivity index (χ2n) is 7.96. The third kappa shape index (κ3) is 3.48. The Hall–Kier alpha value is -0.0800. The topological polar surface area (TPSA) is 29.3 Å². The van der Waals surface area contributed by atoms with Crippen molar-refractivity contribution in [1.29, 1.82) is 0 Å². The minimum absolute atomic E-state index is 0.243. The molecule has 2 saturated carbocycles. The van der Waals surface area contributed by atoms with Crippen LogP contribution in [0, 0.1) is 23.2 Å². The van der Waals surface area contributed by atoms with E-state index in [1.807, 2.05) is 0 Å². The Balaban J connectivity index is 1.68. The first-order valence-corrected chi connectivity index (χ1v) is 7.80. The van der Waals surface area contributed by atoms with Gasteiger partial charge in [-0.15, -0.1) is 0 Å². The fourth-order valence-electron chi connectivity index (χ4n) is 3.88. The van der Waals surface area contributed by atoms with Crippen LogP contribution in [0.15, 0.2) is 0 Å². The van der Waals surface area contributed by atoms with E-state index < -0.39 is 0 Å². The van der Waals surface area contributed by atoms with E-state index in [9.17, 15) is 0 Å². The number of hydrogen-bond donors (Lipinski definition) is 1. The third-order valence-electron chi connectivity index (χ3n) is 5.36. The van der Waals surface area contributed by atoms with Gasteiger partial charge in [0.1, 0.15) is 0 Å². The average Bonchev–Trinajstić information content (AvgIpc) is 2.86. The Labute approximate surface area is 113 Å². The number of hydrogen-bond acceptors (Lipinski definition) is 2. The van der Waals surface area contributed by atoms with Gasteiger partial charge in [-0.1, -0.05) is 27.2 Å². The summed E-state index contributed by atoms with van der Waals surface area (Å²) < 4.78 is 0. The SMILES string of the molecule is CN(CCC(N)C(C)(C)C)CC1CC2CCC1C2. The minimum atomic E-state index is 0.243. The predicted molar refractivity (Wildman–Crippen MR) is 78.5 cm³/mol. The van der Waals surface area contributed by atoms with E-state index in [0.717, 1.165) is 30.7 Å². The van der Waals surface area contributed by atoms with Gasteiger partial charge in [-0.05, 0) is 62.4 Å². The normalized spacial score (nSPS) is 33.3. The van der Waals surface area contributed by atoms with Crippen molar-refractivity contribution in [1.82, 2.24) is 4.90 Å². The Morgan fingerprint density at radius 2 is 1.94 bits per heavy atom. The van der Waals surface area contributed by atoms with Gasteiger partial charge in [0.2, 0.25) is 0 Å². The molecule has 0 saturated heterocycles. The maximum Gasteiger partial charge on any atom is 0.00998 e. The summed E-state index contributed by atoms with van der Waals surface area (Å²) >= 11 is 0. The molecule has 0 spiro atoms. The molecule has 0 radical (unpaired) electrons. The minimum Gasteiger partial charge on any atom is -0.327 e. The number of nitrogens with zero attached hydrogens (tertiary/aromatic N) is 1. The largest absolute Gasteiger partial charge is 0.327 e. The van der Waals surface area contributed by atoms with Crippen LogP contribution in [0.2, 0.25) is 0 Å². The van der Waals surface area contributed by atoms with Crippen molar-refractivity contribution in [2.75, 3.05) is 20.1 Å². The molecule has 2 heteroatoms. The summed E-state index contributed by atoms with van der Waals surface area (Å²) in [6, 6.07) is 0.319. The van der Waals surface area contributed by atoms with E-state index in [0.29, 0.717) is 6.04 Å². The smallest absolute Gasteiger partial charge is 0.00998 e. The lowest BCUT2D eigenvalue weighted by Gasteiger charge is -2.31. The maximum atomic E-state index is 6.24. The zero-order valence-electron chi connectivity index (χ0n) is 12.8. The molecule has 2 rings (SSSR count). The molecular weight excluding hydrogens is 220 g/mol. The highest BCUT2D eigenvalue weighted by Crippen LogP contribution is 2.48. The van der Waals surface area contributed by atoms with Crippen LogP contribution in [0.3, 0.4) is 0 Å². The average molecular weight is 252 g/mol. The van der Waals surface area contributed by atoms with Gasteiger partial charge in [-0.2, -0.15) is 0 Å². The van der Waals surface area contributed by atoms with Gasteiger partial charge in [0.05, 0.1) is 0 Å². The number of fused-ring (bicyclic) bond motifs is 2. The summed E-state index contributed by atoms with van der Waals surface area (Å²) in [4.78, 5) is 2.52. The molecule has 0 aliphatic heterocycles. The molecule has 106 valence electrons. The van der Waals surface area contributed by atoms with Crippen LogP contribution in [-0.4, -0.2) is 31.1 Å². The second kappa shape index (κ2) is 5.50. The van der Waals surface area contributed by atoms with Gasteiger partial charge >= 0.3 is 0 Å². The van der Waals surface area contributed by atoms with Gasteiger partial charge in [-0.25, -0.2) is 0 Å². The zero-order valence-corrected chi connectivity index (χ0v) is 12.8. The van der Waals surface area contributed by atoms with Gasteiger partial charge in [-0.3, -0.25) is 0 Å². The summed E-state index contributed by atoms with van der Waals surface area (Å²) in [5.41, 5.74) is 6.48. The Morgan fingerprint density at radius 1 is 1.22 bits per heavy atom. The van der Waals surface area contributed by atoms with Crippen LogP contribution in [0.25, 0.3) is 0 Å². The van der Waals surface area contributed by atoms with Crippen molar-refractivity contribution in [2.45, 2.75) is 58.9 Å². The van der Waals surface area contributed by atoms with Crippen molar-refractivity contribution in [2.24, 2.45) is 28.9 Å². The summed E-state index contributed by atoms with van der Waals surface area (Å²) in [7, 11) is 2.28. The number of rotatable bonds is 5. The lowest BCUT2D eigenvalue weighted by molar-refractivity contribution is 0.200. The van der Waals surface area contributed by atoms with E-state index in [2.05, 4.69) is 32.7 Å². The van der Waals surface area contributed by atoms with E-state index in [4.69, 9.17) is 5.73 Å². The summed E-state index contributed by atoms with van der Waals surface area (Å²) in [5.74, 6) is 3.11. The first-order chi connectivity index (χ1) is 8.36. The molecule has 2 bridgehead atoms. The third-order valence-corrected chi connectivity index (χ3v) is 5.36. The van der Waals surface area contributed by atoms with Crippen LogP contribution in [0.1, 0.15) is 52.9 Å². The molecule has 4 atom stereocenters. The summed E-state index contributed by atoms with van der Waals surface area (Å²) in [6.45, 7) is 9.19. The van der Waals surface area contributed by atoms with Gasteiger partial charge in [0.15, 0.2) is 0 Å². The number of nitrogens with two attached hydrogens (primary N) is 1. The van der Waals surface area contributed by atoms with Crippen LogP contribution >= 0.6 is 0 Å². The van der Waals surface area contributed by atoms with Gasteiger partial charge in [0, 0.05) is 12.6 Å². The standard InChI is InChI=1S/C16H32N2/c1-16(2,3)15(17)7-8-18(4)11-14-10-12-5-6-13(14)9-12/h12-15H,5-11,17H2,1-4H3. The molecule has 2 N–H and O–H groups in total. The molecule has 0 aromatic carbocycles. The highest BCUT2D eigenvalue weighted by Gasteiger charge is 2.39. The molecule has 0 aromatic heterocycles. The molecule has 0 heterocycles. The molecule has 0 aromatic rings. The molecule has 18 heavy (non-hydrogen) atoms. The molecule has 2 fully saturated rings. The lowest BCUT2D eigenvalue weighted by atomic mass is 9.85. The van der Waals surface area contributed by atoms with Crippen LogP contribution in [-0.2, 0) is 0 Å².